The van der Waals surface area contributed by atoms with Gasteiger partial charge < -0.3 is 10.2 Å². The Morgan fingerprint density at radius 1 is 1.12 bits per heavy atom. The molecular formula is C16H24ClN3O3S. The van der Waals surface area contributed by atoms with E-state index in [4.69, 9.17) is 0 Å². The van der Waals surface area contributed by atoms with E-state index in [1.54, 1.807) is 30.5 Å². The maximum atomic E-state index is 12.8. The molecule has 2 aliphatic rings. The van der Waals surface area contributed by atoms with E-state index in [1.165, 1.54) is 17.0 Å². The van der Waals surface area contributed by atoms with Crippen molar-refractivity contribution < 1.29 is 13.2 Å². The number of hydrogen-bond acceptors (Lipinski definition) is 4. The highest BCUT2D eigenvalue weighted by Crippen LogP contribution is 2.25. The number of sulfonamides is 1. The van der Waals surface area contributed by atoms with Crippen LogP contribution < -0.4 is 5.32 Å². The van der Waals surface area contributed by atoms with Gasteiger partial charge in [0.05, 0.1) is 4.90 Å². The van der Waals surface area contributed by atoms with Crippen LogP contribution >= 0.6 is 12.4 Å². The second kappa shape index (κ2) is 7.39. The third kappa shape index (κ3) is 3.74. The van der Waals surface area contributed by atoms with Gasteiger partial charge in [0.2, 0.25) is 10.0 Å². The lowest BCUT2D eigenvalue weighted by Crippen LogP contribution is -2.39. The summed E-state index contributed by atoms with van der Waals surface area (Å²) >= 11 is 0. The van der Waals surface area contributed by atoms with E-state index in [2.05, 4.69) is 5.32 Å². The number of nitrogens with one attached hydrogen (secondary N) is 1. The molecule has 2 aliphatic heterocycles. The molecule has 1 amide bonds. The fourth-order valence-corrected chi connectivity index (χ4v) is 4.81. The molecule has 0 saturated carbocycles. The van der Waals surface area contributed by atoms with Crippen LogP contribution in [0.25, 0.3) is 0 Å². The van der Waals surface area contributed by atoms with Gasteiger partial charge in [-0.25, -0.2) is 8.42 Å². The Balaban J connectivity index is 0.00000208. The summed E-state index contributed by atoms with van der Waals surface area (Å²) in [6.45, 7) is 1.08. The van der Waals surface area contributed by atoms with Crippen LogP contribution in [0.1, 0.15) is 29.6 Å². The molecule has 134 valence electrons. The van der Waals surface area contributed by atoms with Crippen molar-refractivity contribution in [1.82, 2.24) is 14.5 Å². The molecule has 0 aliphatic carbocycles. The molecule has 1 aromatic rings. The molecule has 6 nitrogen and oxygen atoms in total. The second-order valence-electron chi connectivity index (χ2n) is 6.51. The number of carbonyl (C=O) groups is 1. The van der Waals surface area contributed by atoms with E-state index >= 15 is 0 Å². The number of carbonyl (C=O) groups excluding carboxylic acids is 1. The molecule has 0 radical (unpaired) electrons. The molecule has 2 saturated heterocycles. The number of rotatable bonds is 3. The molecule has 1 aromatic carbocycles. The molecule has 2 heterocycles. The van der Waals surface area contributed by atoms with Crippen LogP contribution in [-0.4, -0.2) is 62.8 Å². The first-order valence-electron chi connectivity index (χ1n) is 7.96. The number of amides is 1. The van der Waals surface area contributed by atoms with Crippen LogP contribution in [0.15, 0.2) is 29.2 Å². The normalized spacial score (nSPS) is 24.1. The molecule has 2 atom stereocenters. The summed E-state index contributed by atoms with van der Waals surface area (Å²) in [6, 6.07) is 6.92. The molecule has 0 aromatic heterocycles. The molecule has 24 heavy (non-hydrogen) atoms. The summed E-state index contributed by atoms with van der Waals surface area (Å²) in [7, 11) is -0.156. The maximum Gasteiger partial charge on any atom is 0.253 e. The first kappa shape index (κ1) is 19.2. The van der Waals surface area contributed by atoms with Gasteiger partial charge in [-0.05, 0) is 43.5 Å². The zero-order valence-electron chi connectivity index (χ0n) is 13.9. The number of nitrogens with zero attached hydrogens (tertiary/aromatic N) is 2. The minimum atomic E-state index is -3.50. The first-order chi connectivity index (χ1) is 10.9. The Kier molecular flexibility index (Phi) is 5.91. The van der Waals surface area contributed by atoms with Crippen LogP contribution in [0.3, 0.4) is 0 Å². The van der Waals surface area contributed by atoms with Crippen molar-refractivity contribution in [2.45, 2.75) is 36.2 Å². The highest BCUT2D eigenvalue weighted by molar-refractivity contribution is 7.89. The van der Waals surface area contributed by atoms with Crippen molar-refractivity contribution >= 4 is 28.3 Å². The number of halogens is 1. The fraction of sp³-hybridized carbons (Fsp3) is 0.562. The predicted octanol–water partition coefficient (Wildman–Crippen LogP) is 1.33. The predicted molar refractivity (Wildman–Crippen MR) is 95.0 cm³/mol. The van der Waals surface area contributed by atoms with Crippen LogP contribution in [0, 0.1) is 0 Å². The maximum absolute atomic E-state index is 12.8. The average Bonchev–Trinajstić information content (AvgIpc) is 2.85. The molecule has 8 heteroatoms. The summed E-state index contributed by atoms with van der Waals surface area (Å²) < 4.78 is 27.2. The number of hydrogen-bond donors (Lipinski definition) is 1. The molecule has 0 spiro atoms. The van der Waals surface area contributed by atoms with Crippen LogP contribution in [-0.2, 0) is 10.0 Å². The van der Waals surface area contributed by atoms with Gasteiger partial charge in [0.1, 0.15) is 0 Å². The highest BCUT2D eigenvalue weighted by atomic mass is 35.5. The Hall–Kier alpha value is -1.15. The van der Waals surface area contributed by atoms with Gasteiger partial charge in [0.15, 0.2) is 0 Å². The minimum Gasteiger partial charge on any atom is -0.345 e. The van der Waals surface area contributed by atoms with Crippen molar-refractivity contribution in [2.24, 2.45) is 0 Å². The fourth-order valence-electron chi connectivity index (χ4n) is 3.31. The quantitative estimate of drug-likeness (QED) is 0.867. The standard InChI is InChI=1S/C16H23N3O3S.ClH/c1-18(2)16(20)12-3-7-15(8-4-12)23(21,22)19-10-9-13-5-6-14(11-19)17-13;/h3-4,7-8,13-14,17H,5-6,9-11H2,1-2H3;1H. The summed E-state index contributed by atoms with van der Waals surface area (Å²) in [5.41, 5.74) is 0.491. The molecule has 3 rings (SSSR count). The summed E-state index contributed by atoms with van der Waals surface area (Å²) in [5, 5.41) is 3.49. The zero-order valence-corrected chi connectivity index (χ0v) is 15.6. The zero-order chi connectivity index (χ0) is 16.6. The number of benzene rings is 1. The Morgan fingerprint density at radius 2 is 1.75 bits per heavy atom. The minimum absolute atomic E-state index is 0. The van der Waals surface area contributed by atoms with Gasteiger partial charge in [0, 0.05) is 44.8 Å². The van der Waals surface area contributed by atoms with Crippen molar-refractivity contribution in [1.29, 1.82) is 0 Å². The van der Waals surface area contributed by atoms with Gasteiger partial charge in [-0.2, -0.15) is 4.31 Å². The van der Waals surface area contributed by atoms with Gasteiger partial charge in [-0.1, -0.05) is 0 Å². The van der Waals surface area contributed by atoms with Crippen molar-refractivity contribution in [3.63, 3.8) is 0 Å². The summed E-state index contributed by atoms with van der Waals surface area (Å²) in [4.78, 5) is 13.6. The lowest BCUT2D eigenvalue weighted by Gasteiger charge is -2.23. The van der Waals surface area contributed by atoms with Gasteiger partial charge in [0.25, 0.3) is 5.91 Å². The third-order valence-electron chi connectivity index (χ3n) is 4.63. The summed E-state index contributed by atoms with van der Waals surface area (Å²) in [5.74, 6) is -0.134. The monoisotopic (exact) mass is 373 g/mol. The largest absolute Gasteiger partial charge is 0.345 e. The second-order valence-corrected chi connectivity index (χ2v) is 8.45. The smallest absolute Gasteiger partial charge is 0.253 e. The van der Waals surface area contributed by atoms with E-state index in [-0.39, 0.29) is 29.3 Å². The molecular weight excluding hydrogens is 350 g/mol. The third-order valence-corrected chi connectivity index (χ3v) is 6.51. The SMILES string of the molecule is CN(C)C(=O)c1ccc(S(=O)(=O)N2CCC3CCC(C2)N3)cc1.Cl. The average molecular weight is 374 g/mol. The highest BCUT2D eigenvalue weighted by Gasteiger charge is 2.34. The van der Waals surface area contributed by atoms with Crippen molar-refractivity contribution in [3.8, 4) is 0 Å². The van der Waals surface area contributed by atoms with E-state index in [9.17, 15) is 13.2 Å². The summed E-state index contributed by atoms with van der Waals surface area (Å²) in [6.07, 6.45) is 3.03. The number of fused-ring (bicyclic) bond motifs is 2. The first-order valence-corrected chi connectivity index (χ1v) is 9.40. The molecule has 2 unspecified atom stereocenters. The Labute approximate surface area is 149 Å². The van der Waals surface area contributed by atoms with E-state index in [0.717, 1.165) is 19.3 Å². The van der Waals surface area contributed by atoms with Crippen molar-refractivity contribution in [2.75, 3.05) is 27.2 Å². The topological polar surface area (TPSA) is 69.7 Å². The van der Waals surface area contributed by atoms with E-state index < -0.39 is 10.0 Å². The lowest BCUT2D eigenvalue weighted by molar-refractivity contribution is 0.0827. The van der Waals surface area contributed by atoms with Crippen molar-refractivity contribution in [3.05, 3.63) is 29.8 Å². The van der Waals surface area contributed by atoms with Gasteiger partial charge >= 0.3 is 0 Å². The van der Waals surface area contributed by atoms with Crippen LogP contribution in [0.4, 0.5) is 0 Å². The van der Waals surface area contributed by atoms with Crippen LogP contribution in [0.2, 0.25) is 0 Å². The van der Waals surface area contributed by atoms with Crippen LogP contribution in [0.5, 0.6) is 0 Å². The Morgan fingerprint density at radius 3 is 2.38 bits per heavy atom. The van der Waals surface area contributed by atoms with Gasteiger partial charge in [-0.3, -0.25) is 4.79 Å². The van der Waals surface area contributed by atoms with Gasteiger partial charge in [-0.15, -0.1) is 12.4 Å². The molecule has 2 fully saturated rings. The van der Waals surface area contributed by atoms with E-state index in [0.29, 0.717) is 24.7 Å². The molecule has 2 bridgehead atoms. The molecule has 1 N–H and O–H groups in total. The lowest BCUT2D eigenvalue weighted by atomic mass is 10.1. The Bertz CT molecular complexity index is 691. The van der Waals surface area contributed by atoms with E-state index in [1.807, 2.05) is 0 Å².